The van der Waals surface area contributed by atoms with E-state index >= 15 is 0 Å². The van der Waals surface area contributed by atoms with E-state index in [1.54, 1.807) is 0 Å². The molecule has 3 aromatic rings. The van der Waals surface area contributed by atoms with E-state index in [0.29, 0.717) is 26.4 Å². The van der Waals surface area contributed by atoms with Crippen LogP contribution in [0.2, 0.25) is 0 Å². The van der Waals surface area contributed by atoms with Gasteiger partial charge in [0.2, 0.25) is 0 Å². The maximum absolute atomic E-state index is 6.52. The lowest BCUT2D eigenvalue weighted by Crippen LogP contribution is -2.61. The number of rotatable bonds is 11. The second-order valence-corrected chi connectivity index (χ2v) is 8.40. The molecule has 4 nitrogen and oxygen atoms in total. The van der Waals surface area contributed by atoms with Gasteiger partial charge in [-0.2, -0.15) is 0 Å². The summed E-state index contributed by atoms with van der Waals surface area (Å²) in [6.07, 6.45) is 2.24. The van der Waals surface area contributed by atoms with Crippen LogP contribution in [0.1, 0.15) is 23.1 Å². The SMILES string of the molecule is C=CC[C@H]1NC[C@@H](OCc2ccccc2)C(OCc2ccccc2)C1OCc1ccccc1. The van der Waals surface area contributed by atoms with Crippen molar-refractivity contribution in [3.63, 3.8) is 0 Å². The van der Waals surface area contributed by atoms with Gasteiger partial charge >= 0.3 is 0 Å². The summed E-state index contributed by atoms with van der Waals surface area (Å²) >= 11 is 0. The van der Waals surface area contributed by atoms with Gasteiger partial charge in [0.05, 0.1) is 25.9 Å². The maximum atomic E-state index is 6.52. The highest BCUT2D eigenvalue weighted by Crippen LogP contribution is 2.25. The van der Waals surface area contributed by atoms with Gasteiger partial charge in [0.1, 0.15) is 12.2 Å². The minimum absolute atomic E-state index is 0.114. The summed E-state index contributed by atoms with van der Waals surface area (Å²) in [7, 11) is 0. The molecule has 4 rings (SSSR count). The Hall–Kier alpha value is -2.76. The van der Waals surface area contributed by atoms with Gasteiger partial charge in [-0.05, 0) is 23.1 Å². The molecule has 1 fully saturated rings. The Morgan fingerprint density at radius 3 is 1.61 bits per heavy atom. The summed E-state index contributed by atoms with van der Waals surface area (Å²) in [6.45, 7) is 6.24. The molecule has 0 amide bonds. The lowest BCUT2D eigenvalue weighted by molar-refractivity contribution is -0.175. The molecule has 0 saturated carbocycles. The molecule has 1 heterocycles. The van der Waals surface area contributed by atoms with Gasteiger partial charge in [-0.15, -0.1) is 6.58 Å². The second-order valence-electron chi connectivity index (χ2n) is 8.40. The van der Waals surface area contributed by atoms with Gasteiger partial charge < -0.3 is 19.5 Å². The highest BCUT2D eigenvalue weighted by molar-refractivity contribution is 5.16. The van der Waals surface area contributed by atoms with Crippen LogP contribution in [0.25, 0.3) is 0 Å². The Morgan fingerprint density at radius 2 is 1.12 bits per heavy atom. The van der Waals surface area contributed by atoms with Crippen LogP contribution in [0.5, 0.6) is 0 Å². The quantitative estimate of drug-likeness (QED) is 0.409. The number of benzene rings is 3. The lowest BCUT2D eigenvalue weighted by atomic mass is 9.93. The first kappa shape index (κ1) is 23.4. The molecular formula is C29H33NO3. The third-order valence-corrected chi connectivity index (χ3v) is 5.97. The first-order chi connectivity index (χ1) is 16.3. The van der Waals surface area contributed by atoms with Gasteiger partial charge in [-0.1, -0.05) is 97.1 Å². The highest BCUT2D eigenvalue weighted by atomic mass is 16.6. The van der Waals surface area contributed by atoms with Gasteiger partial charge in [-0.25, -0.2) is 0 Å². The molecule has 2 unspecified atom stereocenters. The first-order valence-corrected chi connectivity index (χ1v) is 11.6. The molecule has 172 valence electrons. The van der Waals surface area contributed by atoms with Crippen LogP contribution in [0.3, 0.4) is 0 Å². The average Bonchev–Trinajstić information content (AvgIpc) is 2.88. The standard InChI is InChI=1S/C29H33NO3/c1-2-12-26-28(32-21-24-15-8-4-9-16-24)29(33-22-25-17-10-5-11-18-25)27(19-30-26)31-20-23-13-6-3-7-14-23/h2-11,13-18,26-30H,1,12,19-22H2/t26-,27-,28?,29?/m1/s1. The molecule has 1 aliphatic heterocycles. The smallest absolute Gasteiger partial charge is 0.113 e. The lowest BCUT2D eigenvalue weighted by Gasteiger charge is -2.43. The van der Waals surface area contributed by atoms with E-state index in [9.17, 15) is 0 Å². The number of piperidine rings is 1. The highest BCUT2D eigenvalue weighted by Gasteiger charge is 2.41. The van der Waals surface area contributed by atoms with Crippen LogP contribution in [-0.4, -0.2) is 30.9 Å². The minimum atomic E-state index is -0.205. The predicted octanol–water partition coefficient (Wildman–Crippen LogP) is 5.29. The molecular weight excluding hydrogens is 410 g/mol. The molecule has 0 aromatic heterocycles. The van der Waals surface area contributed by atoms with E-state index in [0.717, 1.165) is 23.1 Å². The summed E-state index contributed by atoms with van der Waals surface area (Å²) in [5, 5.41) is 3.62. The van der Waals surface area contributed by atoms with Crippen LogP contribution < -0.4 is 5.32 Å². The summed E-state index contributed by atoms with van der Waals surface area (Å²) in [4.78, 5) is 0. The van der Waals surface area contributed by atoms with Crippen molar-refractivity contribution in [3.8, 4) is 0 Å². The molecule has 3 aromatic carbocycles. The normalized spacial score (nSPS) is 22.7. The number of nitrogens with one attached hydrogen (secondary N) is 1. The molecule has 33 heavy (non-hydrogen) atoms. The maximum Gasteiger partial charge on any atom is 0.113 e. The van der Waals surface area contributed by atoms with E-state index in [4.69, 9.17) is 14.2 Å². The van der Waals surface area contributed by atoms with Crippen LogP contribution in [0, 0.1) is 0 Å². The van der Waals surface area contributed by atoms with E-state index in [1.165, 1.54) is 0 Å². The Morgan fingerprint density at radius 1 is 0.667 bits per heavy atom. The van der Waals surface area contributed by atoms with E-state index in [-0.39, 0.29) is 24.4 Å². The fourth-order valence-corrected chi connectivity index (χ4v) is 4.22. The molecule has 1 saturated heterocycles. The van der Waals surface area contributed by atoms with E-state index in [1.807, 2.05) is 60.7 Å². The fraction of sp³-hybridized carbons (Fsp3) is 0.310. The zero-order valence-corrected chi connectivity index (χ0v) is 19.0. The zero-order chi connectivity index (χ0) is 22.7. The summed E-state index contributed by atoms with van der Waals surface area (Å²) < 4.78 is 19.4. The number of hydrogen-bond donors (Lipinski definition) is 1. The number of hydrogen-bond acceptors (Lipinski definition) is 4. The predicted molar refractivity (Wildman–Crippen MR) is 132 cm³/mol. The monoisotopic (exact) mass is 443 g/mol. The molecule has 0 spiro atoms. The summed E-state index contributed by atoms with van der Waals surface area (Å²) in [5.74, 6) is 0. The largest absolute Gasteiger partial charge is 0.369 e. The van der Waals surface area contributed by atoms with Gasteiger partial charge in [0.15, 0.2) is 0 Å². The van der Waals surface area contributed by atoms with Gasteiger partial charge in [0.25, 0.3) is 0 Å². The molecule has 0 aliphatic carbocycles. The minimum Gasteiger partial charge on any atom is -0.369 e. The molecule has 1 N–H and O–H groups in total. The van der Waals surface area contributed by atoms with Crippen molar-refractivity contribution in [2.24, 2.45) is 0 Å². The molecule has 4 atom stereocenters. The van der Waals surface area contributed by atoms with Gasteiger partial charge in [-0.3, -0.25) is 0 Å². The van der Waals surface area contributed by atoms with Crippen molar-refractivity contribution < 1.29 is 14.2 Å². The van der Waals surface area contributed by atoms with E-state index in [2.05, 4.69) is 48.3 Å². The zero-order valence-electron chi connectivity index (χ0n) is 19.0. The second kappa shape index (κ2) is 12.5. The third-order valence-electron chi connectivity index (χ3n) is 5.97. The van der Waals surface area contributed by atoms with Crippen molar-refractivity contribution >= 4 is 0 Å². The van der Waals surface area contributed by atoms with Crippen LogP contribution in [0.15, 0.2) is 104 Å². The fourth-order valence-electron chi connectivity index (χ4n) is 4.22. The van der Waals surface area contributed by atoms with Crippen LogP contribution >= 0.6 is 0 Å². The van der Waals surface area contributed by atoms with E-state index < -0.39 is 0 Å². The molecule has 1 aliphatic rings. The average molecular weight is 444 g/mol. The first-order valence-electron chi connectivity index (χ1n) is 11.6. The number of ether oxygens (including phenoxy) is 3. The Labute approximate surface area is 197 Å². The van der Waals surface area contributed by atoms with Crippen molar-refractivity contribution in [2.75, 3.05) is 6.54 Å². The Bertz CT molecular complexity index is 948. The molecule has 4 heteroatoms. The topological polar surface area (TPSA) is 39.7 Å². The Kier molecular flexibility index (Phi) is 8.84. The van der Waals surface area contributed by atoms with Crippen molar-refractivity contribution in [3.05, 3.63) is 120 Å². The van der Waals surface area contributed by atoms with Gasteiger partial charge in [0, 0.05) is 12.6 Å². The Balaban J connectivity index is 1.51. The van der Waals surface area contributed by atoms with Crippen molar-refractivity contribution in [2.45, 2.75) is 50.6 Å². The molecule has 0 radical (unpaired) electrons. The molecule has 0 bridgehead atoms. The third kappa shape index (κ3) is 6.86. The van der Waals surface area contributed by atoms with Crippen LogP contribution in [0.4, 0.5) is 0 Å². The summed E-state index contributed by atoms with van der Waals surface area (Å²) in [5.41, 5.74) is 3.43. The van der Waals surface area contributed by atoms with Crippen molar-refractivity contribution in [1.29, 1.82) is 0 Å². The summed E-state index contributed by atoms with van der Waals surface area (Å²) in [6, 6.07) is 30.9. The van der Waals surface area contributed by atoms with Crippen molar-refractivity contribution in [1.82, 2.24) is 5.32 Å². The van der Waals surface area contributed by atoms with Crippen LogP contribution in [-0.2, 0) is 34.0 Å².